The number of halogens is 1. The first kappa shape index (κ1) is 14.2. The third-order valence-corrected chi connectivity index (χ3v) is 2.97. The maximum atomic E-state index is 11.5. The van der Waals surface area contributed by atoms with Gasteiger partial charge in [0.05, 0.1) is 6.54 Å². The molecule has 0 spiro atoms. The molecule has 17 heavy (non-hydrogen) atoms. The van der Waals surface area contributed by atoms with Crippen molar-refractivity contribution in [3.8, 4) is 0 Å². The monoisotopic (exact) mass is 274 g/mol. The van der Waals surface area contributed by atoms with Crippen molar-refractivity contribution < 1.29 is 9.00 Å². The topological polar surface area (TPSA) is 58.2 Å². The second-order valence-electron chi connectivity index (χ2n) is 3.51. The van der Waals surface area contributed by atoms with E-state index in [1.807, 2.05) is 0 Å². The van der Waals surface area contributed by atoms with Crippen molar-refractivity contribution in [2.45, 2.75) is 0 Å². The fourth-order valence-electron chi connectivity index (χ4n) is 1.19. The highest BCUT2D eigenvalue weighted by Gasteiger charge is 2.02. The lowest BCUT2D eigenvalue weighted by molar-refractivity contribution is -0.115. The lowest BCUT2D eigenvalue weighted by Crippen LogP contribution is -2.30. The number of benzene rings is 1. The SMILES string of the molecule is CS(=O)CCNCC(=O)Nc1cccc(Cl)c1. The Hall–Kier alpha value is -0.910. The first-order valence-electron chi connectivity index (χ1n) is 5.14. The summed E-state index contributed by atoms with van der Waals surface area (Å²) < 4.78 is 10.8. The van der Waals surface area contributed by atoms with Crippen LogP contribution in [0.3, 0.4) is 0 Å². The Bertz CT molecular complexity index is 412. The minimum atomic E-state index is -0.833. The predicted molar refractivity (Wildman–Crippen MR) is 71.9 cm³/mol. The molecule has 0 radical (unpaired) electrons. The van der Waals surface area contributed by atoms with Crippen LogP contribution in [0.25, 0.3) is 0 Å². The highest BCUT2D eigenvalue weighted by Crippen LogP contribution is 2.14. The van der Waals surface area contributed by atoms with Crippen molar-refractivity contribution >= 4 is 34.0 Å². The number of hydrogen-bond donors (Lipinski definition) is 2. The van der Waals surface area contributed by atoms with Crippen molar-refractivity contribution in [1.82, 2.24) is 5.32 Å². The van der Waals surface area contributed by atoms with E-state index < -0.39 is 10.8 Å². The van der Waals surface area contributed by atoms with E-state index in [-0.39, 0.29) is 12.5 Å². The Labute approximate surface area is 108 Å². The van der Waals surface area contributed by atoms with E-state index in [0.29, 0.717) is 23.0 Å². The molecule has 1 amide bonds. The van der Waals surface area contributed by atoms with Gasteiger partial charge >= 0.3 is 0 Å². The number of carbonyl (C=O) groups is 1. The molecule has 1 atom stereocenters. The van der Waals surface area contributed by atoms with Gasteiger partial charge in [0.15, 0.2) is 0 Å². The standard InChI is InChI=1S/C11H15ClN2O2S/c1-17(16)6-5-13-8-11(15)14-10-4-2-3-9(12)7-10/h2-4,7,13H,5-6,8H2,1H3,(H,14,15). The summed E-state index contributed by atoms with van der Waals surface area (Å²) in [5.74, 6) is 0.402. The number of rotatable bonds is 6. The van der Waals surface area contributed by atoms with Gasteiger partial charge in [0, 0.05) is 40.1 Å². The van der Waals surface area contributed by atoms with Gasteiger partial charge in [0.2, 0.25) is 5.91 Å². The Morgan fingerprint density at radius 3 is 2.88 bits per heavy atom. The number of amides is 1. The van der Waals surface area contributed by atoms with E-state index in [2.05, 4.69) is 10.6 Å². The van der Waals surface area contributed by atoms with Crippen molar-refractivity contribution in [3.63, 3.8) is 0 Å². The van der Waals surface area contributed by atoms with Crippen molar-refractivity contribution in [2.75, 3.05) is 30.4 Å². The molecule has 0 fully saturated rings. The van der Waals surface area contributed by atoms with E-state index in [9.17, 15) is 9.00 Å². The summed E-state index contributed by atoms with van der Waals surface area (Å²) in [7, 11) is -0.833. The molecule has 0 saturated carbocycles. The minimum absolute atomic E-state index is 0.144. The van der Waals surface area contributed by atoms with E-state index >= 15 is 0 Å². The lowest BCUT2D eigenvalue weighted by atomic mass is 10.3. The third-order valence-electron chi connectivity index (χ3n) is 1.96. The maximum Gasteiger partial charge on any atom is 0.238 e. The van der Waals surface area contributed by atoms with Crippen LogP contribution in [0.2, 0.25) is 5.02 Å². The van der Waals surface area contributed by atoms with Crippen molar-refractivity contribution in [1.29, 1.82) is 0 Å². The molecule has 0 heterocycles. The number of anilines is 1. The smallest absolute Gasteiger partial charge is 0.238 e. The van der Waals surface area contributed by atoms with Crippen LogP contribution < -0.4 is 10.6 Å². The first-order chi connectivity index (χ1) is 8.08. The minimum Gasteiger partial charge on any atom is -0.325 e. The van der Waals surface area contributed by atoms with E-state index in [1.165, 1.54) is 0 Å². The number of nitrogens with one attached hydrogen (secondary N) is 2. The van der Waals surface area contributed by atoms with Crippen LogP contribution in [0.15, 0.2) is 24.3 Å². The number of carbonyl (C=O) groups excluding carboxylic acids is 1. The highest BCUT2D eigenvalue weighted by atomic mass is 35.5. The van der Waals surface area contributed by atoms with Crippen LogP contribution in [0.1, 0.15) is 0 Å². The van der Waals surface area contributed by atoms with Gasteiger partial charge < -0.3 is 10.6 Å². The van der Waals surface area contributed by atoms with Crippen LogP contribution in [-0.4, -0.2) is 35.2 Å². The summed E-state index contributed by atoms with van der Waals surface area (Å²) in [5.41, 5.74) is 0.670. The average Bonchev–Trinajstić information content (AvgIpc) is 2.24. The molecule has 6 heteroatoms. The molecule has 1 unspecified atom stereocenters. The molecule has 2 N–H and O–H groups in total. The molecule has 0 aliphatic heterocycles. The summed E-state index contributed by atoms with van der Waals surface area (Å²) in [4.78, 5) is 11.5. The quantitative estimate of drug-likeness (QED) is 0.768. The zero-order chi connectivity index (χ0) is 12.7. The molecule has 1 aromatic rings. The predicted octanol–water partition coefficient (Wildman–Crippen LogP) is 1.25. The van der Waals surface area contributed by atoms with Crippen LogP contribution in [0.5, 0.6) is 0 Å². The molecule has 0 aliphatic carbocycles. The van der Waals surface area contributed by atoms with E-state index in [0.717, 1.165) is 0 Å². The van der Waals surface area contributed by atoms with E-state index in [1.54, 1.807) is 30.5 Å². The van der Waals surface area contributed by atoms with Crippen LogP contribution >= 0.6 is 11.6 Å². The fourth-order valence-corrected chi connectivity index (χ4v) is 1.81. The lowest BCUT2D eigenvalue weighted by Gasteiger charge is -2.06. The second-order valence-corrected chi connectivity index (χ2v) is 5.50. The van der Waals surface area contributed by atoms with Gasteiger partial charge in [-0.1, -0.05) is 17.7 Å². The molecule has 0 aliphatic rings. The molecule has 0 aromatic heterocycles. The van der Waals surface area contributed by atoms with Gasteiger partial charge in [-0.3, -0.25) is 9.00 Å². The summed E-state index contributed by atoms with van der Waals surface area (Å²) in [6, 6.07) is 6.96. The Morgan fingerprint density at radius 2 is 2.24 bits per heavy atom. The zero-order valence-electron chi connectivity index (χ0n) is 9.53. The first-order valence-corrected chi connectivity index (χ1v) is 7.24. The van der Waals surface area contributed by atoms with Gasteiger partial charge in [-0.2, -0.15) is 0 Å². The summed E-state index contributed by atoms with van der Waals surface area (Å²) in [5, 5.41) is 6.20. The zero-order valence-corrected chi connectivity index (χ0v) is 11.1. The Balaban J connectivity index is 2.27. The molecule has 0 saturated heterocycles. The van der Waals surface area contributed by atoms with Gasteiger partial charge in [-0.05, 0) is 18.2 Å². The summed E-state index contributed by atoms with van der Waals surface area (Å²) in [6.45, 7) is 0.760. The molecule has 1 aromatic carbocycles. The van der Waals surface area contributed by atoms with Crippen molar-refractivity contribution in [3.05, 3.63) is 29.3 Å². The molecule has 4 nitrogen and oxygen atoms in total. The third kappa shape index (κ3) is 6.41. The fraction of sp³-hybridized carbons (Fsp3) is 0.364. The van der Waals surface area contributed by atoms with Crippen LogP contribution in [0.4, 0.5) is 5.69 Å². The van der Waals surface area contributed by atoms with Gasteiger partial charge in [-0.15, -0.1) is 0 Å². The summed E-state index contributed by atoms with van der Waals surface area (Å²) in [6.07, 6.45) is 1.63. The van der Waals surface area contributed by atoms with Crippen molar-refractivity contribution in [2.24, 2.45) is 0 Å². The molecule has 1 rings (SSSR count). The van der Waals surface area contributed by atoms with Gasteiger partial charge in [0.1, 0.15) is 0 Å². The highest BCUT2D eigenvalue weighted by molar-refractivity contribution is 7.84. The van der Waals surface area contributed by atoms with Gasteiger partial charge in [-0.25, -0.2) is 0 Å². The molecule has 94 valence electrons. The van der Waals surface area contributed by atoms with E-state index in [4.69, 9.17) is 11.6 Å². The summed E-state index contributed by atoms with van der Waals surface area (Å²) >= 11 is 5.79. The Kier molecular flexibility index (Phi) is 6.18. The van der Waals surface area contributed by atoms with Crippen LogP contribution in [-0.2, 0) is 15.6 Å². The molecular weight excluding hydrogens is 260 g/mol. The second kappa shape index (κ2) is 7.42. The average molecular weight is 275 g/mol. The van der Waals surface area contributed by atoms with Gasteiger partial charge in [0.25, 0.3) is 0 Å². The van der Waals surface area contributed by atoms with Crippen LogP contribution in [0, 0.1) is 0 Å². The normalized spacial score (nSPS) is 12.1. The Morgan fingerprint density at radius 1 is 1.47 bits per heavy atom. The molecule has 0 bridgehead atoms. The largest absolute Gasteiger partial charge is 0.325 e. The molecular formula is C11H15ClN2O2S. The number of hydrogen-bond acceptors (Lipinski definition) is 3. The maximum absolute atomic E-state index is 11.5.